The molecule has 0 radical (unpaired) electrons. The summed E-state index contributed by atoms with van der Waals surface area (Å²) < 4.78 is 7.88. The predicted octanol–water partition coefficient (Wildman–Crippen LogP) is 3.33. The minimum Gasteiger partial charge on any atom is -0.357 e. The quantitative estimate of drug-likeness (QED) is 0.797. The average Bonchev–Trinajstić information content (AvgIpc) is 3.22. The van der Waals surface area contributed by atoms with E-state index in [-0.39, 0.29) is 6.23 Å². The predicted molar refractivity (Wildman–Crippen MR) is 92.4 cm³/mol. The Hall–Kier alpha value is -1.66. The van der Waals surface area contributed by atoms with E-state index in [4.69, 9.17) is 21.4 Å². The summed E-state index contributed by atoms with van der Waals surface area (Å²) in [6.45, 7) is 4.84. The van der Waals surface area contributed by atoms with E-state index in [9.17, 15) is 0 Å². The first kappa shape index (κ1) is 15.8. The Bertz CT molecular complexity index is 713. The van der Waals surface area contributed by atoms with Crippen LogP contribution < -0.4 is 4.90 Å². The van der Waals surface area contributed by atoms with Crippen molar-refractivity contribution in [3.05, 3.63) is 35.0 Å². The van der Waals surface area contributed by atoms with Crippen LogP contribution in [0.3, 0.4) is 0 Å². The topological polar surface area (TPSA) is 56.1 Å². The number of nitrogens with zero attached hydrogens (tertiary/aromatic N) is 5. The zero-order chi connectivity index (χ0) is 16.5. The molecule has 128 valence electrons. The lowest BCUT2D eigenvalue weighted by Gasteiger charge is -2.22. The Labute approximate surface area is 146 Å². The first-order valence-corrected chi connectivity index (χ1v) is 8.99. The highest BCUT2D eigenvalue weighted by Gasteiger charge is 2.28. The summed E-state index contributed by atoms with van der Waals surface area (Å²) in [5.41, 5.74) is 2.43. The molecule has 2 fully saturated rings. The number of anilines is 1. The molecular weight excluding hydrogens is 326 g/mol. The second-order valence-electron chi connectivity index (χ2n) is 6.59. The van der Waals surface area contributed by atoms with Crippen LogP contribution in [0.15, 0.2) is 18.5 Å². The van der Waals surface area contributed by atoms with Gasteiger partial charge in [0.2, 0.25) is 5.28 Å². The SMILES string of the molecule is Cc1nn(C2CCCCO2)cc1C1CCN(c2ccnc(Cl)n2)C1. The molecule has 2 unspecified atom stereocenters. The molecule has 2 aliphatic heterocycles. The van der Waals surface area contributed by atoms with Crippen molar-refractivity contribution in [3.8, 4) is 0 Å². The molecule has 0 bridgehead atoms. The van der Waals surface area contributed by atoms with Gasteiger partial charge < -0.3 is 9.64 Å². The van der Waals surface area contributed by atoms with Crippen LogP contribution in [0.1, 0.15) is 49.1 Å². The summed E-state index contributed by atoms with van der Waals surface area (Å²) in [7, 11) is 0. The maximum Gasteiger partial charge on any atom is 0.224 e. The molecule has 2 saturated heterocycles. The van der Waals surface area contributed by atoms with Crippen molar-refractivity contribution in [3.63, 3.8) is 0 Å². The standard InChI is InChI=1S/C17H22ClN5O/c1-12-14(11-23(21-12)16-4-2-3-9-24-16)13-6-8-22(10-13)15-5-7-19-17(18)20-15/h5,7,11,13,16H,2-4,6,8-10H2,1H3. The zero-order valence-corrected chi connectivity index (χ0v) is 14.6. The lowest BCUT2D eigenvalue weighted by molar-refractivity contribution is -0.0396. The molecule has 7 heteroatoms. The van der Waals surface area contributed by atoms with Gasteiger partial charge in [0.15, 0.2) is 0 Å². The van der Waals surface area contributed by atoms with Crippen LogP contribution in [0.4, 0.5) is 5.82 Å². The average molecular weight is 348 g/mol. The Morgan fingerprint density at radius 1 is 1.29 bits per heavy atom. The molecule has 6 nitrogen and oxygen atoms in total. The Balaban J connectivity index is 1.49. The highest BCUT2D eigenvalue weighted by molar-refractivity contribution is 6.28. The number of ether oxygens (including phenoxy) is 1. The molecule has 4 rings (SSSR count). The molecule has 0 spiro atoms. The third-order valence-corrected chi connectivity index (χ3v) is 5.15. The van der Waals surface area contributed by atoms with Crippen molar-refractivity contribution in [2.45, 2.75) is 44.8 Å². The molecule has 0 saturated carbocycles. The lowest BCUT2D eigenvalue weighted by atomic mass is 9.99. The second-order valence-corrected chi connectivity index (χ2v) is 6.92. The van der Waals surface area contributed by atoms with Gasteiger partial charge in [0.1, 0.15) is 12.0 Å². The number of rotatable bonds is 3. The Morgan fingerprint density at radius 2 is 2.21 bits per heavy atom. The van der Waals surface area contributed by atoms with E-state index in [0.717, 1.165) is 50.5 Å². The van der Waals surface area contributed by atoms with E-state index in [0.29, 0.717) is 11.2 Å². The fraction of sp³-hybridized carbons (Fsp3) is 0.588. The molecule has 4 heterocycles. The van der Waals surface area contributed by atoms with Gasteiger partial charge in [0.05, 0.1) is 5.69 Å². The van der Waals surface area contributed by atoms with Crippen molar-refractivity contribution < 1.29 is 4.74 Å². The number of aryl methyl sites for hydroxylation is 1. The third-order valence-electron chi connectivity index (χ3n) is 4.97. The van der Waals surface area contributed by atoms with Crippen molar-refractivity contribution in [1.29, 1.82) is 0 Å². The van der Waals surface area contributed by atoms with Gasteiger partial charge in [-0.2, -0.15) is 5.10 Å². The molecule has 0 amide bonds. The lowest BCUT2D eigenvalue weighted by Crippen LogP contribution is -2.20. The molecule has 2 aliphatic rings. The summed E-state index contributed by atoms with van der Waals surface area (Å²) in [6, 6.07) is 1.92. The first-order valence-electron chi connectivity index (χ1n) is 8.61. The van der Waals surface area contributed by atoms with E-state index in [1.54, 1.807) is 6.20 Å². The molecule has 0 N–H and O–H groups in total. The van der Waals surface area contributed by atoms with Crippen LogP contribution in [-0.2, 0) is 4.74 Å². The number of aromatic nitrogens is 4. The van der Waals surface area contributed by atoms with Crippen LogP contribution in [0.2, 0.25) is 5.28 Å². The number of hydrogen-bond donors (Lipinski definition) is 0. The highest BCUT2D eigenvalue weighted by Crippen LogP contribution is 2.33. The van der Waals surface area contributed by atoms with Gasteiger partial charge in [-0.15, -0.1) is 0 Å². The molecule has 0 aliphatic carbocycles. The summed E-state index contributed by atoms with van der Waals surface area (Å²) in [5.74, 6) is 1.37. The summed E-state index contributed by atoms with van der Waals surface area (Å²) in [6.07, 6.45) is 8.52. The molecule has 2 atom stereocenters. The normalized spacial score (nSPS) is 24.5. The first-order chi connectivity index (χ1) is 11.7. The smallest absolute Gasteiger partial charge is 0.224 e. The van der Waals surface area contributed by atoms with E-state index >= 15 is 0 Å². The van der Waals surface area contributed by atoms with E-state index in [2.05, 4.69) is 28.0 Å². The Kier molecular flexibility index (Phi) is 4.41. The maximum atomic E-state index is 5.92. The van der Waals surface area contributed by atoms with Crippen LogP contribution >= 0.6 is 11.6 Å². The zero-order valence-electron chi connectivity index (χ0n) is 13.9. The van der Waals surface area contributed by atoms with E-state index in [1.165, 1.54) is 12.0 Å². The van der Waals surface area contributed by atoms with Crippen molar-refractivity contribution in [2.75, 3.05) is 24.6 Å². The van der Waals surface area contributed by atoms with Gasteiger partial charge in [-0.05, 0) is 55.8 Å². The number of hydrogen-bond acceptors (Lipinski definition) is 5. The highest BCUT2D eigenvalue weighted by atomic mass is 35.5. The third kappa shape index (κ3) is 3.13. The molecule has 2 aromatic heterocycles. The Morgan fingerprint density at radius 3 is 3.00 bits per heavy atom. The van der Waals surface area contributed by atoms with Gasteiger partial charge in [-0.3, -0.25) is 0 Å². The fourth-order valence-corrected chi connectivity index (χ4v) is 3.84. The molecule has 0 aromatic carbocycles. The van der Waals surface area contributed by atoms with Crippen LogP contribution in [0.25, 0.3) is 0 Å². The van der Waals surface area contributed by atoms with E-state index < -0.39 is 0 Å². The van der Waals surface area contributed by atoms with Gasteiger partial charge >= 0.3 is 0 Å². The van der Waals surface area contributed by atoms with Crippen LogP contribution in [-0.4, -0.2) is 39.4 Å². The minimum atomic E-state index is 0.101. The summed E-state index contributed by atoms with van der Waals surface area (Å²) >= 11 is 5.92. The van der Waals surface area contributed by atoms with Gasteiger partial charge in [-0.1, -0.05) is 0 Å². The minimum absolute atomic E-state index is 0.101. The van der Waals surface area contributed by atoms with E-state index in [1.807, 2.05) is 10.7 Å². The molecular formula is C17H22ClN5O. The monoisotopic (exact) mass is 347 g/mol. The van der Waals surface area contributed by atoms with Crippen molar-refractivity contribution >= 4 is 17.4 Å². The summed E-state index contributed by atoms with van der Waals surface area (Å²) in [4.78, 5) is 10.6. The van der Waals surface area contributed by atoms with Gasteiger partial charge in [0, 0.05) is 38.0 Å². The number of halogens is 1. The van der Waals surface area contributed by atoms with Crippen molar-refractivity contribution in [2.24, 2.45) is 0 Å². The fourth-order valence-electron chi connectivity index (χ4n) is 3.70. The van der Waals surface area contributed by atoms with Gasteiger partial charge in [0.25, 0.3) is 0 Å². The molecule has 24 heavy (non-hydrogen) atoms. The van der Waals surface area contributed by atoms with Crippen molar-refractivity contribution in [1.82, 2.24) is 19.7 Å². The summed E-state index contributed by atoms with van der Waals surface area (Å²) in [5, 5.41) is 5.02. The van der Waals surface area contributed by atoms with Gasteiger partial charge in [-0.25, -0.2) is 14.6 Å². The van der Waals surface area contributed by atoms with Crippen LogP contribution in [0, 0.1) is 6.92 Å². The second kappa shape index (κ2) is 6.69. The molecule has 2 aromatic rings. The largest absolute Gasteiger partial charge is 0.357 e. The maximum absolute atomic E-state index is 5.92. The van der Waals surface area contributed by atoms with Crippen LogP contribution in [0.5, 0.6) is 0 Å².